The van der Waals surface area contributed by atoms with Crippen LogP contribution in [-0.4, -0.2) is 25.3 Å². The Morgan fingerprint density at radius 2 is 2.06 bits per heavy atom. The molecule has 18 heavy (non-hydrogen) atoms. The molecule has 3 heteroatoms. The van der Waals surface area contributed by atoms with E-state index >= 15 is 0 Å². The van der Waals surface area contributed by atoms with E-state index in [1.54, 1.807) is 0 Å². The van der Waals surface area contributed by atoms with E-state index in [9.17, 15) is 0 Å². The van der Waals surface area contributed by atoms with Gasteiger partial charge in [-0.15, -0.1) is 0 Å². The summed E-state index contributed by atoms with van der Waals surface area (Å²) in [5, 5.41) is 3.71. The summed E-state index contributed by atoms with van der Waals surface area (Å²) in [5.74, 6) is 0. The lowest BCUT2D eigenvalue weighted by atomic mass is 10.1. The molecule has 100 valence electrons. The van der Waals surface area contributed by atoms with Crippen molar-refractivity contribution >= 4 is 15.9 Å². The van der Waals surface area contributed by atoms with Gasteiger partial charge in [-0.25, -0.2) is 0 Å². The molecule has 1 aromatic rings. The largest absolute Gasteiger partial charge is 0.380 e. The van der Waals surface area contributed by atoms with Crippen LogP contribution in [0.4, 0.5) is 0 Å². The molecule has 1 aliphatic carbocycles. The van der Waals surface area contributed by atoms with Gasteiger partial charge >= 0.3 is 0 Å². The molecular formula is C15H22BrNO. The van der Waals surface area contributed by atoms with Crippen molar-refractivity contribution in [3.05, 3.63) is 34.3 Å². The average Bonchev–Trinajstić information content (AvgIpc) is 2.79. The molecular weight excluding hydrogens is 290 g/mol. The van der Waals surface area contributed by atoms with E-state index in [0.717, 1.165) is 10.9 Å². The van der Waals surface area contributed by atoms with Crippen LogP contribution in [0.15, 0.2) is 28.7 Å². The third-order valence-electron chi connectivity index (χ3n) is 3.71. The van der Waals surface area contributed by atoms with Gasteiger partial charge in [0.15, 0.2) is 0 Å². The number of hydrogen-bond donors (Lipinski definition) is 1. The van der Waals surface area contributed by atoms with Gasteiger partial charge < -0.3 is 10.1 Å². The standard InChI is InChI=1S/C15H22BrNO/c1-11(10-12-6-8-13(16)9-7-12)17-14-4-3-5-15(14)18-2/h6-9,11,14-15,17H,3-5,10H2,1-2H3. The van der Waals surface area contributed by atoms with Crippen molar-refractivity contribution in [1.82, 2.24) is 5.32 Å². The Hall–Kier alpha value is -0.380. The summed E-state index contributed by atoms with van der Waals surface area (Å²) in [5.41, 5.74) is 1.38. The fourth-order valence-electron chi connectivity index (χ4n) is 2.80. The van der Waals surface area contributed by atoms with Crippen LogP contribution in [0, 0.1) is 0 Å². The average molecular weight is 312 g/mol. The SMILES string of the molecule is COC1CCCC1NC(C)Cc1ccc(Br)cc1. The predicted octanol–water partition coefficient (Wildman–Crippen LogP) is 3.54. The summed E-state index contributed by atoms with van der Waals surface area (Å²) < 4.78 is 6.66. The van der Waals surface area contributed by atoms with Gasteiger partial charge in [0.05, 0.1) is 6.10 Å². The molecule has 1 N–H and O–H groups in total. The van der Waals surface area contributed by atoms with Crippen molar-refractivity contribution in [2.45, 2.75) is 50.8 Å². The zero-order chi connectivity index (χ0) is 13.0. The Morgan fingerprint density at radius 3 is 2.72 bits per heavy atom. The van der Waals surface area contributed by atoms with Crippen LogP contribution < -0.4 is 5.32 Å². The van der Waals surface area contributed by atoms with Crippen LogP contribution in [-0.2, 0) is 11.2 Å². The molecule has 3 atom stereocenters. The van der Waals surface area contributed by atoms with Gasteiger partial charge in [-0.3, -0.25) is 0 Å². The van der Waals surface area contributed by atoms with Crippen molar-refractivity contribution in [3.63, 3.8) is 0 Å². The minimum atomic E-state index is 0.400. The van der Waals surface area contributed by atoms with Crippen LogP contribution in [0.2, 0.25) is 0 Å². The molecule has 0 aromatic heterocycles. The van der Waals surface area contributed by atoms with Gasteiger partial charge in [-0.1, -0.05) is 28.1 Å². The topological polar surface area (TPSA) is 21.3 Å². The Labute approximate surface area is 118 Å². The van der Waals surface area contributed by atoms with Gasteiger partial charge in [0, 0.05) is 23.7 Å². The number of benzene rings is 1. The smallest absolute Gasteiger partial charge is 0.0724 e. The second kappa shape index (κ2) is 6.69. The summed E-state index contributed by atoms with van der Waals surface area (Å²) in [6.07, 6.45) is 5.18. The molecule has 2 nitrogen and oxygen atoms in total. The zero-order valence-electron chi connectivity index (χ0n) is 11.2. The maximum atomic E-state index is 5.52. The molecule has 1 aliphatic rings. The van der Waals surface area contributed by atoms with Crippen molar-refractivity contribution in [3.8, 4) is 0 Å². The van der Waals surface area contributed by atoms with Crippen molar-refractivity contribution in [2.75, 3.05) is 7.11 Å². The number of rotatable bonds is 5. The Balaban J connectivity index is 1.84. The molecule has 2 rings (SSSR count). The number of methoxy groups -OCH3 is 1. The van der Waals surface area contributed by atoms with Crippen molar-refractivity contribution < 1.29 is 4.74 Å². The highest BCUT2D eigenvalue weighted by Crippen LogP contribution is 2.22. The molecule has 1 aromatic carbocycles. The molecule has 0 saturated heterocycles. The van der Waals surface area contributed by atoms with E-state index in [2.05, 4.69) is 52.4 Å². The maximum Gasteiger partial charge on any atom is 0.0724 e. The highest BCUT2D eigenvalue weighted by Gasteiger charge is 2.27. The third-order valence-corrected chi connectivity index (χ3v) is 4.24. The van der Waals surface area contributed by atoms with E-state index in [1.165, 1.54) is 24.8 Å². The van der Waals surface area contributed by atoms with E-state index in [4.69, 9.17) is 4.74 Å². The lowest BCUT2D eigenvalue weighted by Crippen LogP contribution is -2.42. The minimum absolute atomic E-state index is 0.400. The quantitative estimate of drug-likeness (QED) is 0.898. The second-order valence-electron chi connectivity index (χ2n) is 5.21. The molecule has 3 unspecified atom stereocenters. The van der Waals surface area contributed by atoms with E-state index < -0.39 is 0 Å². The second-order valence-corrected chi connectivity index (χ2v) is 6.13. The molecule has 1 fully saturated rings. The van der Waals surface area contributed by atoms with E-state index in [-0.39, 0.29) is 0 Å². The van der Waals surface area contributed by atoms with Gasteiger partial charge in [0.25, 0.3) is 0 Å². The maximum absolute atomic E-state index is 5.52. The predicted molar refractivity (Wildman–Crippen MR) is 78.9 cm³/mol. The summed E-state index contributed by atoms with van der Waals surface area (Å²) in [6.45, 7) is 2.26. The lowest BCUT2D eigenvalue weighted by Gasteiger charge is -2.24. The first-order valence-electron chi connectivity index (χ1n) is 6.72. The van der Waals surface area contributed by atoms with E-state index in [0.29, 0.717) is 18.2 Å². The molecule has 0 aliphatic heterocycles. The van der Waals surface area contributed by atoms with Gasteiger partial charge in [0.2, 0.25) is 0 Å². The van der Waals surface area contributed by atoms with Crippen molar-refractivity contribution in [1.29, 1.82) is 0 Å². The molecule has 0 amide bonds. The summed E-state index contributed by atoms with van der Waals surface area (Å²) >= 11 is 3.47. The molecule has 0 radical (unpaired) electrons. The summed E-state index contributed by atoms with van der Waals surface area (Å²) in [7, 11) is 1.82. The first-order valence-corrected chi connectivity index (χ1v) is 7.51. The fraction of sp³-hybridized carbons (Fsp3) is 0.600. The van der Waals surface area contributed by atoms with Crippen LogP contribution in [0.1, 0.15) is 31.7 Å². The highest BCUT2D eigenvalue weighted by molar-refractivity contribution is 9.10. The first kappa shape index (κ1) is 14.0. The lowest BCUT2D eigenvalue weighted by molar-refractivity contribution is 0.0820. The van der Waals surface area contributed by atoms with Crippen LogP contribution in [0.3, 0.4) is 0 Å². The molecule has 0 heterocycles. The Bertz CT molecular complexity index is 365. The van der Waals surface area contributed by atoms with Crippen LogP contribution in [0.5, 0.6) is 0 Å². The number of ether oxygens (including phenoxy) is 1. The Morgan fingerprint density at radius 1 is 1.33 bits per heavy atom. The van der Waals surface area contributed by atoms with Crippen molar-refractivity contribution in [2.24, 2.45) is 0 Å². The minimum Gasteiger partial charge on any atom is -0.380 e. The number of hydrogen-bond acceptors (Lipinski definition) is 2. The highest BCUT2D eigenvalue weighted by atomic mass is 79.9. The monoisotopic (exact) mass is 311 g/mol. The van der Waals surface area contributed by atoms with E-state index in [1.807, 2.05) is 7.11 Å². The molecule has 1 saturated carbocycles. The summed E-state index contributed by atoms with van der Waals surface area (Å²) in [4.78, 5) is 0. The first-order chi connectivity index (χ1) is 8.69. The summed E-state index contributed by atoms with van der Waals surface area (Å²) in [6, 6.07) is 9.60. The van der Waals surface area contributed by atoms with Crippen LogP contribution in [0.25, 0.3) is 0 Å². The number of nitrogens with one attached hydrogen (secondary N) is 1. The van der Waals surface area contributed by atoms with Gasteiger partial charge in [-0.05, 0) is 50.3 Å². The van der Waals surface area contributed by atoms with Crippen LogP contribution >= 0.6 is 15.9 Å². The number of halogens is 1. The normalized spacial score (nSPS) is 25.3. The Kier molecular flexibility index (Phi) is 5.22. The zero-order valence-corrected chi connectivity index (χ0v) is 12.7. The molecule has 0 spiro atoms. The van der Waals surface area contributed by atoms with Gasteiger partial charge in [0.1, 0.15) is 0 Å². The third kappa shape index (κ3) is 3.81. The van der Waals surface area contributed by atoms with Gasteiger partial charge in [-0.2, -0.15) is 0 Å². The molecule has 0 bridgehead atoms. The fourth-order valence-corrected chi connectivity index (χ4v) is 3.06.